The van der Waals surface area contributed by atoms with Crippen LogP contribution in [0.15, 0.2) is 48.8 Å². The summed E-state index contributed by atoms with van der Waals surface area (Å²) in [5.74, 6) is -0.0903. The van der Waals surface area contributed by atoms with Gasteiger partial charge in [-0.25, -0.2) is 0 Å². The maximum atomic E-state index is 12.0. The van der Waals surface area contributed by atoms with Gasteiger partial charge in [-0.3, -0.25) is 9.78 Å². The van der Waals surface area contributed by atoms with Crippen molar-refractivity contribution >= 4 is 11.6 Å². The lowest BCUT2D eigenvalue weighted by Gasteiger charge is -2.19. The van der Waals surface area contributed by atoms with Gasteiger partial charge >= 0.3 is 0 Å². The molecular formula is C17H21N3O. The van der Waals surface area contributed by atoms with E-state index >= 15 is 0 Å². The van der Waals surface area contributed by atoms with Gasteiger partial charge in [0.05, 0.1) is 17.4 Å². The smallest absolute Gasteiger partial charge is 0.253 e. The number of anilines is 1. The lowest BCUT2D eigenvalue weighted by atomic mass is 10.2. The van der Waals surface area contributed by atoms with Gasteiger partial charge < -0.3 is 10.2 Å². The van der Waals surface area contributed by atoms with Gasteiger partial charge in [-0.2, -0.15) is 0 Å². The number of hydrogen-bond donors (Lipinski definition) is 1. The average Bonchev–Trinajstić information content (AvgIpc) is 2.47. The Kier molecular flexibility index (Phi) is 4.93. The first kappa shape index (κ1) is 15.0. The van der Waals surface area contributed by atoms with Crippen LogP contribution in [0.5, 0.6) is 0 Å². The number of carbonyl (C=O) groups excluding carboxylic acids is 1. The number of nitrogens with one attached hydrogen (secondary N) is 1. The second-order valence-electron chi connectivity index (χ2n) is 5.40. The van der Waals surface area contributed by atoms with Crippen molar-refractivity contribution in [1.82, 2.24) is 10.3 Å². The summed E-state index contributed by atoms with van der Waals surface area (Å²) < 4.78 is 0. The molecule has 1 aromatic heterocycles. The van der Waals surface area contributed by atoms with Crippen LogP contribution in [0.25, 0.3) is 0 Å². The highest BCUT2D eigenvalue weighted by Gasteiger charge is 2.10. The van der Waals surface area contributed by atoms with Gasteiger partial charge in [-0.1, -0.05) is 30.3 Å². The minimum atomic E-state index is -0.0903. The summed E-state index contributed by atoms with van der Waals surface area (Å²) in [5.41, 5.74) is 2.73. The van der Waals surface area contributed by atoms with Crippen LogP contribution >= 0.6 is 0 Å². The molecule has 1 heterocycles. The third-order valence-electron chi connectivity index (χ3n) is 3.11. The first-order chi connectivity index (χ1) is 10.1. The van der Waals surface area contributed by atoms with Crippen LogP contribution < -0.4 is 10.2 Å². The largest absolute Gasteiger partial charge is 0.369 e. The molecule has 0 saturated heterocycles. The molecule has 1 amide bonds. The SMILES string of the molecule is CC(C)NC(=O)c1cncc(N(C)Cc2ccccc2)c1. The molecule has 0 radical (unpaired) electrons. The second-order valence-corrected chi connectivity index (χ2v) is 5.40. The third kappa shape index (κ3) is 4.31. The minimum absolute atomic E-state index is 0.0903. The summed E-state index contributed by atoms with van der Waals surface area (Å²) in [6.07, 6.45) is 3.37. The number of rotatable bonds is 5. The van der Waals surface area contributed by atoms with E-state index in [2.05, 4.69) is 27.3 Å². The number of aromatic nitrogens is 1. The Balaban J connectivity index is 2.11. The van der Waals surface area contributed by atoms with Crippen molar-refractivity contribution in [2.45, 2.75) is 26.4 Å². The van der Waals surface area contributed by atoms with Gasteiger partial charge in [-0.15, -0.1) is 0 Å². The predicted octanol–water partition coefficient (Wildman–Crippen LogP) is 2.86. The number of pyridine rings is 1. The van der Waals surface area contributed by atoms with Gasteiger partial charge in [0, 0.05) is 25.8 Å². The minimum Gasteiger partial charge on any atom is -0.369 e. The standard InChI is InChI=1S/C17H21N3O/c1-13(2)19-17(21)15-9-16(11-18-10-15)20(3)12-14-7-5-4-6-8-14/h4-11,13H,12H2,1-3H3,(H,19,21). The Bertz CT molecular complexity index is 596. The molecule has 21 heavy (non-hydrogen) atoms. The van der Waals surface area contributed by atoms with Crippen LogP contribution in [-0.4, -0.2) is 24.0 Å². The summed E-state index contributed by atoms with van der Waals surface area (Å²) in [5, 5.41) is 2.88. The highest BCUT2D eigenvalue weighted by atomic mass is 16.1. The van der Waals surface area contributed by atoms with Crippen LogP contribution in [0, 0.1) is 0 Å². The van der Waals surface area contributed by atoms with Crippen molar-refractivity contribution in [3.8, 4) is 0 Å². The van der Waals surface area contributed by atoms with E-state index in [4.69, 9.17) is 0 Å². The summed E-state index contributed by atoms with van der Waals surface area (Å²) in [6.45, 7) is 4.66. The Morgan fingerprint density at radius 1 is 1.24 bits per heavy atom. The fraction of sp³-hybridized carbons (Fsp3) is 0.294. The zero-order valence-corrected chi connectivity index (χ0v) is 12.7. The number of amides is 1. The molecule has 4 heteroatoms. The molecule has 4 nitrogen and oxygen atoms in total. The van der Waals surface area contributed by atoms with Crippen molar-refractivity contribution in [3.05, 3.63) is 59.9 Å². The van der Waals surface area contributed by atoms with E-state index < -0.39 is 0 Å². The quantitative estimate of drug-likeness (QED) is 0.917. The van der Waals surface area contributed by atoms with Gasteiger partial charge in [0.15, 0.2) is 0 Å². The lowest BCUT2D eigenvalue weighted by molar-refractivity contribution is 0.0943. The molecule has 0 aliphatic rings. The predicted molar refractivity (Wildman–Crippen MR) is 85.4 cm³/mol. The van der Waals surface area contributed by atoms with E-state index in [1.165, 1.54) is 5.56 Å². The van der Waals surface area contributed by atoms with Gasteiger partial charge in [0.2, 0.25) is 0 Å². The molecule has 2 aromatic rings. The van der Waals surface area contributed by atoms with Crippen molar-refractivity contribution < 1.29 is 4.79 Å². The maximum absolute atomic E-state index is 12.0. The van der Waals surface area contributed by atoms with Crippen molar-refractivity contribution in [3.63, 3.8) is 0 Å². The molecule has 0 fully saturated rings. The van der Waals surface area contributed by atoms with Crippen molar-refractivity contribution in [2.75, 3.05) is 11.9 Å². The highest BCUT2D eigenvalue weighted by Crippen LogP contribution is 2.16. The second kappa shape index (κ2) is 6.88. The lowest BCUT2D eigenvalue weighted by Crippen LogP contribution is -2.30. The maximum Gasteiger partial charge on any atom is 0.253 e. The molecule has 1 N–H and O–H groups in total. The summed E-state index contributed by atoms with van der Waals surface area (Å²) in [7, 11) is 1.99. The van der Waals surface area contributed by atoms with Gasteiger partial charge in [0.1, 0.15) is 0 Å². The molecular weight excluding hydrogens is 262 g/mol. The van der Waals surface area contributed by atoms with Gasteiger partial charge in [0.25, 0.3) is 5.91 Å². The molecule has 0 saturated carbocycles. The fourth-order valence-corrected chi connectivity index (χ4v) is 2.05. The Labute approximate surface area is 125 Å². The number of benzene rings is 1. The topological polar surface area (TPSA) is 45.2 Å². The van der Waals surface area contributed by atoms with E-state index in [-0.39, 0.29) is 11.9 Å². The van der Waals surface area contributed by atoms with Gasteiger partial charge in [-0.05, 0) is 25.5 Å². The zero-order chi connectivity index (χ0) is 15.2. The Morgan fingerprint density at radius 2 is 1.95 bits per heavy atom. The molecule has 110 valence electrons. The molecule has 0 spiro atoms. The monoisotopic (exact) mass is 283 g/mol. The number of carbonyl (C=O) groups is 1. The zero-order valence-electron chi connectivity index (χ0n) is 12.7. The van der Waals surface area contributed by atoms with E-state index in [0.29, 0.717) is 5.56 Å². The first-order valence-electron chi connectivity index (χ1n) is 7.07. The molecule has 0 aliphatic carbocycles. The Morgan fingerprint density at radius 3 is 2.62 bits per heavy atom. The molecule has 0 bridgehead atoms. The number of nitrogens with zero attached hydrogens (tertiary/aromatic N) is 2. The van der Waals surface area contributed by atoms with E-state index in [0.717, 1.165) is 12.2 Å². The van der Waals surface area contributed by atoms with Crippen molar-refractivity contribution in [1.29, 1.82) is 0 Å². The molecule has 0 atom stereocenters. The van der Waals surface area contributed by atoms with E-state index in [1.54, 1.807) is 12.4 Å². The van der Waals surface area contributed by atoms with Crippen molar-refractivity contribution in [2.24, 2.45) is 0 Å². The highest BCUT2D eigenvalue weighted by molar-refractivity contribution is 5.94. The number of hydrogen-bond acceptors (Lipinski definition) is 3. The summed E-state index contributed by atoms with van der Waals surface area (Å²) in [6, 6.07) is 12.2. The first-order valence-corrected chi connectivity index (χ1v) is 7.07. The van der Waals surface area contributed by atoms with Crippen LogP contribution in [0.3, 0.4) is 0 Å². The van der Waals surface area contributed by atoms with Crippen LogP contribution in [0.2, 0.25) is 0 Å². The summed E-state index contributed by atoms with van der Waals surface area (Å²) in [4.78, 5) is 18.3. The summed E-state index contributed by atoms with van der Waals surface area (Å²) >= 11 is 0. The third-order valence-corrected chi connectivity index (χ3v) is 3.11. The molecule has 0 aliphatic heterocycles. The normalized spacial score (nSPS) is 10.5. The Hall–Kier alpha value is -2.36. The molecule has 0 unspecified atom stereocenters. The van der Waals surface area contributed by atoms with Crippen LogP contribution in [-0.2, 0) is 6.54 Å². The van der Waals surface area contributed by atoms with E-state index in [9.17, 15) is 4.79 Å². The van der Waals surface area contributed by atoms with Crippen LogP contribution in [0.4, 0.5) is 5.69 Å². The van der Waals surface area contributed by atoms with E-state index in [1.807, 2.05) is 45.2 Å². The molecule has 1 aromatic carbocycles. The fourth-order valence-electron chi connectivity index (χ4n) is 2.05. The molecule has 2 rings (SSSR count). The average molecular weight is 283 g/mol. The van der Waals surface area contributed by atoms with Crippen LogP contribution in [0.1, 0.15) is 29.8 Å².